The summed E-state index contributed by atoms with van der Waals surface area (Å²) in [7, 11) is 1.74. The summed E-state index contributed by atoms with van der Waals surface area (Å²) in [6.07, 6.45) is 6.41. The van der Waals surface area contributed by atoms with E-state index >= 15 is 0 Å². The van der Waals surface area contributed by atoms with Crippen LogP contribution < -0.4 is 10.1 Å². The molecule has 0 bridgehead atoms. The Labute approximate surface area is 123 Å². The van der Waals surface area contributed by atoms with E-state index in [0.717, 1.165) is 31.7 Å². The molecule has 4 heteroatoms. The predicted molar refractivity (Wildman–Crippen MR) is 84.2 cm³/mol. The van der Waals surface area contributed by atoms with Crippen LogP contribution in [0.4, 0.5) is 0 Å². The number of methoxy groups -OCH3 is 1. The number of aryl methyl sites for hydroxylation is 1. The highest BCUT2D eigenvalue weighted by Crippen LogP contribution is 2.33. The van der Waals surface area contributed by atoms with Gasteiger partial charge in [-0.05, 0) is 25.3 Å². The SMILES string of the molecule is CCCNC(c1c(OC)cnn1CCC)C(CC)CC. The molecule has 1 aromatic rings. The fourth-order valence-electron chi connectivity index (χ4n) is 2.79. The molecule has 1 N–H and O–H groups in total. The van der Waals surface area contributed by atoms with E-state index in [1.807, 2.05) is 6.20 Å². The summed E-state index contributed by atoms with van der Waals surface area (Å²) < 4.78 is 7.66. The number of ether oxygens (including phenoxy) is 1. The summed E-state index contributed by atoms with van der Waals surface area (Å²) in [6, 6.07) is 0.328. The first-order valence-corrected chi connectivity index (χ1v) is 8.06. The molecule has 20 heavy (non-hydrogen) atoms. The molecule has 0 aliphatic carbocycles. The molecule has 4 nitrogen and oxygen atoms in total. The second kappa shape index (κ2) is 9.01. The van der Waals surface area contributed by atoms with Gasteiger partial charge in [0.05, 0.1) is 25.0 Å². The van der Waals surface area contributed by atoms with Gasteiger partial charge in [0.15, 0.2) is 5.75 Å². The van der Waals surface area contributed by atoms with Gasteiger partial charge < -0.3 is 10.1 Å². The molecule has 1 unspecified atom stereocenters. The lowest BCUT2D eigenvalue weighted by Gasteiger charge is -2.28. The van der Waals surface area contributed by atoms with Gasteiger partial charge in [0.25, 0.3) is 0 Å². The molecule has 1 rings (SSSR count). The Balaban J connectivity index is 3.12. The van der Waals surface area contributed by atoms with Gasteiger partial charge in [0, 0.05) is 6.54 Å². The van der Waals surface area contributed by atoms with Crippen LogP contribution in [0.15, 0.2) is 6.20 Å². The molecule has 0 spiro atoms. The van der Waals surface area contributed by atoms with E-state index in [1.165, 1.54) is 18.5 Å². The van der Waals surface area contributed by atoms with Crippen molar-refractivity contribution in [3.63, 3.8) is 0 Å². The molecule has 1 atom stereocenters. The second-order valence-corrected chi connectivity index (χ2v) is 5.33. The van der Waals surface area contributed by atoms with E-state index in [4.69, 9.17) is 4.74 Å². The van der Waals surface area contributed by atoms with Crippen molar-refractivity contribution >= 4 is 0 Å². The van der Waals surface area contributed by atoms with Crippen LogP contribution >= 0.6 is 0 Å². The minimum atomic E-state index is 0.328. The van der Waals surface area contributed by atoms with Crippen LogP contribution in [0.25, 0.3) is 0 Å². The maximum Gasteiger partial charge on any atom is 0.161 e. The van der Waals surface area contributed by atoms with Crippen molar-refractivity contribution in [2.45, 2.75) is 66.0 Å². The van der Waals surface area contributed by atoms with Crippen molar-refractivity contribution in [3.05, 3.63) is 11.9 Å². The minimum Gasteiger partial charge on any atom is -0.493 e. The van der Waals surface area contributed by atoms with Crippen LogP contribution in [-0.4, -0.2) is 23.4 Å². The zero-order chi connectivity index (χ0) is 15.0. The maximum absolute atomic E-state index is 5.55. The number of hydrogen-bond acceptors (Lipinski definition) is 3. The first-order chi connectivity index (χ1) is 9.73. The Bertz CT molecular complexity index is 372. The molecule has 0 aromatic carbocycles. The molecule has 0 saturated heterocycles. The molecular weight excluding hydrogens is 250 g/mol. The quantitative estimate of drug-likeness (QED) is 0.709. The Morgan fingerprint density at radius 1 is 1.20 bits per heavy atom. The Kier molecular flexibility index (Phi) is 7.67. The third kappa shape index (κ3) is 3.98. The predicted octanol–water partition coefficient (Wildman–Crippen LogP) is 3.78. The van der Waals surface area contributed by atoms with Crippen molar-refractivity contribution in [3.8, 4) is 5.75 Å². The van der Waals surface area contributed by atoms with Gasteiger partial charge in [0.2, 0.25) is 0 Å². The van der Waals surface area contributed by atoms with Gasteiger partial charge in [-0.1, -0.05) is 40.5 Å². The average Bonchev–Trinajstić information content (AvgIpc) is 2.86. The van der Waals surface area contributed by atoms with Crippen LogP contribution in [0, 0.1) is 5.92 Å². The fraction of sp³-hybridized carbons (Fsp3) is 0.812. The van der Waals surface area contributed by atoms with Crippen LogP contribution in [-0.2, 0) is 6.54 Å². The van der Waals surface area contributed by atoms with Crippen molar-refractivity contribution < 1.29 is 4.74 Å². The first kappa shape index (κ1) is 17.0. The number of rotatable bonds is 10. The average molecular weight is 281 g/mol. The standard InChI is InChI=1S/C16H31N3O/c1-6-10-17-15(13(8-3)9-4)16-14(20-5)12-18-19(16)11-7-2/h12-13,15,17H,6-11H2,1-5H3. The van der Waals surface area contributed by atoms with Crippen molar-refractivity contribution in [1.29, 1.82) is 0 Å². The Hall–Kier alpha value is -1.03. The zero-order valence-corrected chi connectivity index (χ0v) is 13.8. The summed E-state index contributed by atoms with van der Waals surface area (Å²) in [5, 5.41) is 8.21. The zero-order valence-electron chi connectivity index (χ0n) is 13.8. The molecule has 1 heterocycles. The number of nitrogens with zero attached hydrogens (tertiary/aromatic N) is 2. The van der Waals surface area contributed by atoms with Gasteiger partial charge in [-0.2, -0.15) is 5.10 Å². The van der Waals surface area contributed by atoms with Gasteiger partial charge >= 0.3 is 0 Å². The lowest BCUT2D eigenvalue weighted by atomic mass is 9.91. The van der Waals surface area contributed by atoms with E-state index in [0.29, 0.717) is 12.0 Å². The second-order valence-electron chi connectivity index (χ2n) is 5.33. The monoisotopic (exact) mass is 281 g/mol. The fourth-order valence-corrected chi connectivity index (χ4v) is 2.79. The molecule has 1 aromatic heterocycles. The number of hydrogen-bond donors (Lipinski definition) is 1. The lowest BCUT2D eigenvalue weighted by molar-refractivity contribution is 0.308. The third-order valence-corrected chi connectivity index (χ3v) is 3.93. The molecular formula is C16H31N3O. The lowest BCUT2D eigenvalue weighted by Crippen LogP contribution is -2.31. The molecule has 0 aliphatic heterocycles. The third-order valence-electron chi connectivity index (χ3n) is 3.93. The highest BCUT2D eigenvalue weighted by Gasteiger charge is 2.27. The molecule has 0 amide bonds. The summed E-state index contributed by atoms with van der Waals surface area (Å²) in [4.78, 5) is 0. The van der Waals surface area contributed by atoms with E-state index < -0.39 is 0 Å². The van der Waals surface area contributed by atoms with Crippen LogP contribution in [0.2, 0.25) is 0 Å². The summed E-state index contributed by atoms with van der Waals surface area (Å²) in [5.41, 5.74) is 1.22. The normalized spacial score (nSPS) is 12.9. The molecule has 0 saturated carbocycles. The van der Waals surface area contributed by atoms with Crippen LogP contribution in [0.5, 0.6) is 5.75 Å². The van der Waals surface area contributed by atoms with Crippen LogP contribution in [0.1, 0.15) is 65.1 Å². The van der Waals surface area contributed by atoms with Gasteiger partial charge in [-0.25, -0.2) is 0 Å². The summed E-state index contributed by atoms with van der Waals surface area (Å²) >= 11 is 0. The van der Waals surface area contributed by atoms with Crippen molar-refractivity contribution in [1.82, 2.24) is 15.1 Å². The van der Waals surface area contributed by atoms with E-state index in [-0.39, 0.29) is 0 Å². The van der Waals surface area contributed by atoms with Crippen LogP contribution in [0.3, 0.4) is 0 Å². The molecule has 0 radical (unpaired) electrons. The molecule has 0 aliphatic rings. The molecule has 116 valence electrons. The van der Waals surface area contributed by atoms with E-state index in [1.54, 1.807) is 7.11 Å². The molecule has 0 fully saturated rings. The smallest absolute Gasteiger partial charge is 0.161 e. The number of aromatic nitrogens is 2. The maximum atomic E-state index is 5.55. The summed E-state index contributed by atoms with van der Waals surface area (Å²) in [5.74, 6) is 1.53. The van der Waals surface area contributed by atoms with E-state index in [9.17, 15) is 0 Å². The van der Waals surface area contributed by atoms with Gasteiger partial charge in [-0.3, -0.25) is 4.68 Å². The highest BCUT2D eigenvalue weighted by molar-refractivity contribution is 5.29. The summed E-state index contributed by atoms with van der Waals surface area (Å²) in [6.45, 7) is 10.9. The Morgan fingerprint density at radius 2 is 1.90 bits per heavy atom. The topological polar surface area (TPSA) is 39.1 Å². The van der Waals surface area contributed by atoms with Gasteiger partial charge in [-0.15, -0.1) is 0 Å². The Morgan fingerprint density at radius 3 is 2.40 bits per heavy atom. The highest BCUT2D eigenvalue weighted by atomic mass is 16.5. The van der Waals surface area contributed by atoms with Gasteiger partial charge in [0.1, 0.15) is 0 Å². The van der Waals surface area contributed by atoms with Crippen molar-refractivity contribution in [2.75, 3.05) is 13.7 Å². The van der Waals surface area contributed by atoms with E-state index in [2.05, 4.69) is 42.8 Å². The number of nitrogens with one attached hydrogen (secondary N) is 1. The first-order valence-electron chi connectivity index (χ1n) is 8.06. The largest absolute Gasteiger partial charge is 0.493 e. The minimum absolute atomic E-state index is 0.328. The van der Waals surface area contributed by atoms with Crippen molar-refractivity contribution in [2.24, 2.45) is 5.92 Å².